The quantitative estimate of drug-likeness (QED) is 0.464. The lowest BCUT2D eigenvalue weighted by Crippen LogP contribution is -2.41. The highest BCUT2D eigenvalue weighted by Gasteiger charge is 2.11. The van der Waals surface area contributed by atoms with Gasteiger partial charge in [-0.05, 0) is 41.5 Å². The molecule has 6 nitrogen and oxygen atoms in total. The Balaban J connectivity index is 1.43. The molecule has 8 heteroatoms. The van der Waals surface area contributed by atoms with Crippen LogP contribution in [0.2, 0.25) is 10.0 Å². The van der Waals surface area contributed by atoms with Crippen molar-refractivity contribution in [3.63, 3.8) is 0 Å². The minimum Gasteiger partial charge on any atom is -0.325 e. The Bertz CT molecular complexity index is 1090. The monoisotopic (exact) mass is 455 g/mol. The number of rotatable bonds is 6. The van der Waals surface area contributed by atoms with Crippen LogP contribution in [0.15, 0.2) is 72.8 Å². The second kappa shape index (κ2) is 10.6. The SMILES string of the molecule is O=C(CCC(=O)Nc1ccc(Cl)cc1Cl)NNC(=O)c1ccc(-c2ccccc2)cc1. The number of carbonyl (C=O) groups is 3. The molecular formula is C23H19Cl2N3O3. The number of amides is 3. The number of halogens is 2. The van der Waals surface area contributed by atoms with Gasteiger partial charge in [0.25, 0.3) is 5.91 Å². The number of benzene rings is 3. The summed E-state index contributed by atoms with van der Waals surface area (Å²) in [6, 6.07) is 21.5. The van der Waals surface area contributed by atoms with Crippen LogP contribution in [0.1, 0.15) is 23.2 Å². The maximum absolute atomic E-state index is 12.2. The third kappa shape index (κ3) is 6.57. The van der Waals surface area contributed by atoms with E-state index in [-0.39, 0.29) is 18.7 Å². The third-order valence-electron chi connectivity index (χ3n) is 4.35. The van der Waals surface area contributed by atoms with Crippen molar-refractivity contribution in [2.45, 2.75) is 12.8 Å². The van der Waals surface area contributed by atoms with Gasteiger partial charge in [0.05, 0.1) is 10.7 Å². The summed E-state index contributed by atoms with van der Waals surface area (Å²) in [5.41, 5.74) is 7.47. The number of hydrogen-bond acceptors (Lipinski definition) is 3. The topological polar surface area (TPSA) is 87.3 Å². The van der Waals surface area contributed by atoms with Crippen LogP contribution in [-0.2, 0) is 9.59 Å². The average Bonchev–Trinajstić information content (AvgIpc) is 2.78. The molecule has 0 fully saturated rings. The molecule has 3 N–H and O–H groups in total. The Labute approximate surface area is 189 Å². The van der Waals surface area contributed by atoms with Crippen LogP contribution in [-0.4, -0.2) is 17.7 Å². The molecule has 0 unspecified atom stereocenters. The van der Waals surface area contributed by atoms with Gasteiger partial charge in [-0.1, -0.05) is 65.7 Å². The van der Waals surface area contributed by atoms with Crippen molar-refractivity contribution < 1.29 is 14.4 Å². The fourth-order valence-electron chi connectivity index (χ4n) is 2.74. The molecular weight excluding hydrogens is 437 g/mol. The van der Waals surface area contributed by atoms with E-state index in [4.69, 9.17) is 23.2 Å². The highest BCUT2D eigenvalue weighted by atomic mass is 35.5. The van der Waals surface area contributed by atoms with E-state index >= 15 is 0 Å². The van der Waals surface area contributed by atoms with Crippen LogP contribution in [0.3, 0.4) is 0 Å². The zero-order valence-electron chi connectivity index (χ0n) is 16.3. The Hall–Kier alpha value is -3.35. The van der Waals surface area contributed by atoms with Gasteiger partial charge in [-0.3, -0.25) is 25.2 Å². The van der Waals surface area contributed by atoms with E-state index in [9.17, 15) is 14.4 Å². The summed E-state index contributed by atoms with van der Waals surface area (Å²) in [6.07, 6.45) is -0.184. The molecule has 0 bridgehead atoms. The summed E-state index contributed by atoms with van der Waals surface area (Å²) in [5, 5.41) is 3.36. The molecule has 0 heterocycles. The van der Waals surface area contributed by atoms with E-state index in [0.717, 1.165) is 11.1 Å². The van der Waals surface area contributed by atoms with Crippen LogP contribution < -0.4 is 16.2 Å². The summed E-state index contributed by atoms with van der Waals surface area (Å²) in [7, 11) is 0. The van der Waals surface area contributed by atoms with E-state index in [2.05, 4.69) is 16.2 Å². The van der Waals surface area contributed by atoms with Crippen molar-refractivity contribution in [3.8, 4) is 11.1 Å². The summed E-state index contributed by atoms with van der Waals surface area (Å²) in [4.78, 5) is 36.1. The number of anilines is 1. The fourth-order valence-corrected chi connectivity index (χ4v) is 3.19. The van der Waals surface area contributed by atoms with E-state index in [1.54, 1.807) is 24.3 Å². The van der Waals surface area contributed by atoms with Gasteiger partial charge in [-0.25, -0.2) is 0 Å². The largest absolute Gasteiger partial charge is 0.325 e. The molecule has 0 spiro atoms. The molecule has 0 atom stereocenters. The Morgan fingerprint density at radius 2 is 1.35 bits per heavy atom. The van der Waals surface area contributed by atoms with Crippen LogP contribution in [0.5, 0.6) is 0 Å². The first kappa shape index (κ1) is 22.3. The summed E-state index contributed by atoms with van der Waals surface area (Å²) in [5.74, 6) is -1.33. The van der Waals surface area contributed by atoms with Gasteiger partial charge in [0.15, 0.2) is 0 Å². The van der Waals surface area contributed by atoms with Gasteiger partial charge in [0.2, 0.25) is 11.8 Å². The minimum atomic E-state index is -0.494. The Kier molecular flexibility index (Phi) is 7.65. The van der Waals surface area contributed by atoms with Gasteiger partial charge in [-0.15, -0.1) is 0 Å². The molecule has 3 rings (SSSR count). The van der Waals surface area contributed by atoms with Crippen molar-refractivity contribution in [2.24, 2.45) is 0 Å². The van der Waals surface area contributed by atoms with Crippen molar-refractivity contribution in [3.05, 3.63) is 88.4 Å². The number of hydrazine groups is 1. The minimum absolute atomic E-state index is 0.0770. The van der Waals surface area contributed by atoms with E-state index in [0.29, 0.717) is 21.3 Å². The van der Waals surface area contributed by atoms with Gasteiger partial charge in [0.1, 0.15) is 0 Å². The highest BCUT2D eigenvalue weighted by Crippen LogP contribution is 2.25. The van der Waals surface area contributed by atoms with E-state index in [1.165, 1.54) is 6.07 Å². The number of carbonyl (C=O) groups excluding carboxylic acids is 3. The summed E-state index contributed by atoms with van der Waals surface area (Å²) in [6.45, 7) is 0. The van der Waals surface area contributed by atoms with Gasteiger partial charge < -0.3 is 5.32 Å². The van der Waals surface area contributed by atoms with Crippen molar-refractivity contribution in [1.29, 1.82) is 0 Å². The standard InChI is InChI=1S/C23H19Cl2N3O3/c24-18-10-11-20(19(25)14-18)26-21(29)12-13-22(30)27-28-23(31)17-8-6-16(7-9-17)15-4-2-1-3-5-15/h1-11,14H,12-13H2,(H,26,29)(H,27,30)(H,28,31). The molecule has 0 saturated heterocycles. The van der Waals surface area contributed by atoms with Crippen molar-refractivity contribution >= 4 is 46.6 Å². The lowest BCUT2D eigenvalue weighted by Gasteiger charge is -2.09. The smallest absolute Gasteiger partial charge is 0.269 e. The molecule has 3 amide bonds. The molecule has 0 saturated carbocycles. The fraction of sp³-hybridized carbons (Fsp3) is 0.0870. The molecule has 31 heavy (non-hydrogen) atoms. The summed E-state index contributed by atoms with van der Waals surface area (Å²) >= 11 is 11.8. The number of hydrogen-bond donors (Lipinski definition) is 3. The maximum atomic E-state index is 12.2. The van der Waals surface area contributed by atoms with Crippen molar-refractivity contribution in [1.82, 2.24) is 10.9 Å². The van der Waals surface area contributed by atoms with Gasteiger partial charge in [-0.2, -0.15) is 0 Å². The second-order valence-electron chi connectivity index (χ2n) is 6.62. The molecule has 158 valence electrons. The molecule has 3 aromatic rings. The lowest BCUT2D eigenvalue weighted by molar-refractivity contribution is -0.124. The van der Waals surface area contributed by atoms with E-state index in [1.807, 2.05) is 42.5 Å². The molecule has 0 aliphatic rings. The van der Waals surface area contributed by atoms with Crippen LogP contribution in [0.25, 0.3) is 11.1 Å². The van der Waals surface area contributed by atoms with Crippen LogP contribution in [0, 0.1) is 0 Å². The molecule has 0 aromatic heterocycles. The first-order valence-corrected chi connectivity index (χ1v) is 10.2. The van der Waals surface area contributed by atoms with Crippen molar-refractivity contribution in [2.75, 3.05) is 5.32 Å². The van der Waals surface area contributed by atoms with Crippen LogP contribution >= 0.6 is 23.2 Å². The zero-order valence-corrected chi connectivity index (χ0v) is 17.8. The van der Waals surface area contributed by atoms with E-state index < -0.39 is 11.8 Å². The maximum Gasteiger partial charge on any atom is 0.269 e. The first-order valence-electron chi connectivity index (χ1n) is 9.42. The zero-order chi connectivity index (χ0) is 22.2. The lowest BCUT2D eigenvalue weighted by atomic mass is 10.0. The predicted molar refractivity (Wildman–Crippen MR) is 122 cm³/mol. The Morgan fingerprint density at radius 3 is 2.03 bits per heavy atom. The average molecular weight is 456 g/mol. The predicted octanol–water partition coefficient (Wildman–Crippen LogP) is 4.84. The molecule has 0 radical (unpaired) electrons. The normalized spacial score (nSPS) is 10.3. The molecule has 3 aromatic carbocycles. The van der Waals surface area contributed by atoms with Gasteiger partial charge >= 0.3 is 0 Å². The molecule has 0 aliphatic carbocycles. The molecule has 0 aliphatic heterocycles. The summed E-state index contributed by atoms with van der Waals surface area (Å²) < 4.78 is 0. The van der Waals surface area contributed by atoms with Crippen LogP contribution in [0.4, 0.5) is 5.69 Å². The number of nitrogens with one attached hydrogen (secondary N) is 3. The second-order valence-corrected chi connectivity index (χ2v) is 7.46. The van der Waals surface area contributed by atoms with Gasteiger partial charge in [0, 0.05) is 23.4 Å². The highest BCUT2D eigenvalue weighted by molar-refractivity contribution is 6.36. The third-order valence-corrected chi connectivity index (χ3v) is 4.90. The Morgan fingerprint density at radius 1 is 0.710 bits per heavy atom. The first-order chi connectivity index (χ1) is 14.9.